The van der Waals surface area contributed by atoms with Gasteiger partial charge >= 0.3 is 5.97 Å². The molecule has 0 fully saturated rings. The van der Waals surface area contributed by atoms with Crippen LogP contribution in [0.4, 0.5) is 4.39 Å². The zero-order valence-electron chi connectivity index (χ0n) is 11.7. The lowest BCUT2D eigenvalue weighted by Gasteiger charge is -2.07. The molecule has 0 aromatic heterocycles. The second-order valence-electron chi connectivity index (χ2n) is 4.33. The third-order valence-corrected chi connectivity index (χ3v) is 3.79. The van der Waals surface area contributed by atoms with E-state index in [9.17, 15) is 9.18 Å². The maximum atomic E-state index is 12.8. The lowest BCUT2D eigenvalue weighted by molar-refractivity contribution is -0.131. The summed E-state index contributed by atoms with van der Waals surface area (Å²) in [5.74, 6) is 0.964. The first-order valence-electron chi connectivity index (χ1n) is 6.40. The first-order chi connectivity index (χ1) is 10.5. The Morgan fingerprint density at radius 2 is 1.59 bits per heavy atom. The Hall–Kier alpha value is -1.92. The number of carbonyl (C=O) groups is 1. The van der Waals surface area contributed by atoms with E-state index in [1.54, 1.807) is 12.1 Å². The molecule has 0 saturated carbocycles. The second kappa shape index (κ2) is 7.91. The monoisotopic (exact) mass is 336 g/mol. The summed E-state index contributed by atoms with van der Waals surface area (Å²) >= 11 is 6.48. The molecule has 2 rings (SSSR count). The predicted octanol–water partition coefficient (Wildman–Crippen LogP) is 4.35. The summed E-state index contributed by atoms with van der Waals surface area (Å²) in [6.45, 7) is 1.36. The molecule has 0 atom stereocenters. The standard InChI is InChI=1S/C16H13FO3S2/c1-11(18)19-14-6-2-12(3-7-14)10-22-16(21)20-15-8-4-13(17)5-9-15/h2-9H,10H2,1H3. The van der Waals surface area contributed by atoms with Crippen molar-refractivity contribution < 1.29 is 18.7 Å². The molecule has 0 aliphatic carbocycles. The van der Waals surface area contributed by atoms with Gasteiger partial charge < -0.3 is 9.47 Å². The van der Waals surface area contributed by atoms with Gasteiger partial charge in [-0.3, -0.25) is 4.79 Å². The molecule has 0 aliphatic heterocycles. The van der Waals surface area contributed by atoms with Crippen molar-refractivity contribution in [3.63, 3.8) is 0 Å². The number of carbonyl (C=O) groups excluding carboxylic acids is 1. The van der Waals surface area contributed by atoms with E-state index >= 15 is 0 Å². The van der Waals surface area contributed by atoms with Crippen molar-refractivity contribution in [1.82, 2.24) is 0 Å². The number of thioether (sulfide) groups is 1. The van der Waals surface area contributed by atoms with E-state index in [1.165, 1.54) is 43.0 Å². The van der Waals surface area contributed by atoms with Crippen LogP contribution in [-0.2, 0) is 10.5 Å². The zero-order chi connectivity index (χ0) is 15.9. The molecule has 0 amide bonds. The molecule has 0 N–H and O–H groups in total. The summed E-state index contributed by atoms with van der Waals surface area (Å²) in [6.07, 6.45) is 0. The molecule has 6 heteroatoms. The fraction of sp³-hybridized carbons (Fsp3) is 0.125. The number of rotatable bonds is 4. The molecular weight excluding hydrogens is 323 g/mol. The fourth-order valence-electron chi connectivity index (χ4n) is 1.59. The molecule has 0 radical (unpaired) electrons. The summed E-state index contributed by atoms with van der Waals surface area (Å²) < 4.78 is 23.5. The minimum Gasteiger partial charge on any atom is -0.440 e. The summed E-state index contributed by atoms with van der Waals surface area (Å²) in [4.78, 5) is 10.8. The van der Waals surface area contributed by atoms with Gasteiger partial charge in [-0.15, -0.1) is 0 Å². The Labute approximate surface area is 137 Å². The SMILES string of the molecule is CC(=O)Oc1ccc(CSC(=S)Oc2ccc(F)cc2)cc1. The quantitative estimate of drug-likeness (QED) is 0.471. The van der Waals surface area contributed by atoms with Crippen molar-refractivity contribution in [2.75, 3.05) is 0 Å². The van der Waals surface area contributed by atoms with Crippen LogP contribution in [0.1, 0.15) is 12.5 Å². The maximum Gasteiger partial charge on any atom is 0.308 e. The topological polar surface area (TPSA) is 35.5 Å². The van der Waals surface area contributed by atoms with Gasteiger partial charge in [-0.05, 0) is 54.2 Å². The summed E-state index contributed by atoms with van der Waals surface area (Å²) in [5.41, 5.74) is 1.02. The Balaban J connectivity index is 1.83. The van der Waals surface area contributed by atoms with Gasteiger partial charge in [0, 0.05) is 12.7 Å². The van der Waals surface area contributed by atoms with Crippen LogP contribution in [0.15, 0.2) is 48.5 Å². The van der Waals surface area contributed by atoms with E-state index in [-0.39, 0.29) is 11.8 Å². The highest BCUT2D eigenvalue weighted by atomic mass is 32.2. The molecule has 3 nitrogen and oxygen atoms in total. The smallest absolute Gasteiger partial charge is 0.308 e. The van der Waals surface area contributed by atoms with Crippen LogP contribution < -0.4 is 9.47 Å². The molecule has 0 bridgehead atoms. The molecule has 114 valence electrons. The van der Waals surface area contributed by atoms with Crippen molar-refractivity contribution in [3.05, 3.63) is 59.9 Å². The van der Waals surface area contributed by atoms with Gasteiger partial charge in [-0.25, -0.2) is 4.39 Å². The van der Waals surface area contributed by atoms with E-state index in [2.05, 4.69) is 0 Å². The Morgan fingerprint density at radius 1 is 1.05 bits per heavy atom. The zero-order valence-corrected chi connectivity index (χ0v) is 13.4. The average Bonchev–Trinajstić information content (AvgIpc) is 2.48. The lowest BCUT2D eigenvalue weighted by atomic mass is 10.2. The number of hydrogen-bond donors (Lipinski definition) is 0. The highest BCUT2D eigenvalue weighted by Crippen LogP contribution is 2.20. The van der Waals surface area contributed by atoms with Gasteiger partial charge in [0.2, 0.25) is 4.38 Å². The van der Waals surface area contributed by atoms with Gasteiger partial charge in [0.05, 0.1) is 0 Å². The second-order valence-corrected chi connectivity index (χ2v) is 5.91. The number of esters is 1. The van der Waals surface area contributed by atoms with Crippen LogP contribution in [0, 0.1) is 5.82 Å². The predicted molar refractivity (Wildman–Crippen MR) is 88.7 cm³/mol. The van der Waals surface area contributed by atoms with Crippen molar-refractivity contribution in [2.45, 2.75) is 12.7 Å². The lowest BCUT2D eigenvalue weighted by Crippen LogP contribution is -2.02. The maximum absolute atomic E-state index is 12.8. The number of halogens is 1. The molecule has 2 aromatic rings. The van der Waals surface area contributed by atoms with Gasteiger partial charge in [0.1, 0.15) is 17.3 Å². The molecule has 0 heterocycles. The Morgan fingerprint density at radius 3 is 2.18 bits per heavy atom. The van der Waals surface area contributed by atoms with Crippen molar-refractivity contribution in [2.24, 2.45) is 0 Å². The fourth-order valence-corrected chi connectivity index (χ4v) is 2.50. The van der Waals surface area contributed by atoms with Gasteiger partial charge in [-0.2, -0.15) is 0 Å². The highest BCUT2D eigenvalue weighted by Gasteiger charge is 2.04. The van der Waals surface area contributed by atoms with Crippen LogP contribution in [0.25, 0.3) is 0 Å². The Bertz CT molecular complexity index is 654. The van der Waals surface area contributed by atoms with E-state index in [1.807, 2.05) is 12.1 Å². The molecule has 0 unspecified atom stereocenters. The molecule has 0 spiro atoms. The van der Waals surface area contributed by atoms with Crippen LogP contribution >= 0.6 is 24.0 Å². The summed E-state index contributed by atoms with van der Waals surface area (Å²) in [5, 5.41) is 0. The minimum absolute atomic E-state index is 0.321. The highest BCUT2D eigenvalue weighted by molar-refractivity contribution is 8.22. The summed E-state index contributed by atoms with van der Waals surface area (Å²) in [7, 11) is 0. The van der Waals surface area contributed by atoms with Crippen molar-refractivity contribution >= 4 is 34.3 Å². The first-order valence-corrected chi connectivity index (χ1v) is 7.80. The first kappa shape index (κ1) is 16.5. The number of benzene rings is 2. The average molecular weight is 336 g/mol. The van der Waals surface area contributed by atoms with Crippen molar-refractivity contribution in [3.8, 4) is 11.5 Å². The van der Waals surface area contributed by atoms with E-state index < -0.39 is 0 Å². The molecule has 22 heavy (non-hydrogen) atoms. The molecule has 0 aliphatic rings. The van der Waals surface area contributed by atoms with E-state index in [4.69, 9.17) is 21.7 Å². The molecular formula is C16H13FO3S2. The van der Waals surface area contributed by atoms with Crippen molar-refractivity contribution in [1.29, 1.82) is 0 Å². The van der Waals surface area contributed by atoms with Crippen LogP contribution in [-0.4, -0.2) is 10.4 Å². The van der Waals surface area contributed by atoms with Crippen LogP contribution in [0.2, 0.25) is 0 Å². The van der Waals surface area contributed by atoms with Gasteiger partial charge in [0.15, 0.2) is 0 Å². The largest absolute Gasteiger partial charge is 0.440 e. The minimum atomic E-state index is -0.351. The normalized spacial score (nSPS) is 10.1. The van der Waals surface area contributed by atoms with Gasteiger partial charge in [-0.1, -0.05) is 23.9 Å². The van der Waals surface area contributed by atoms with Gasteiger partial charge in [0.25, 0.3) is 0 Å². The van der Waals surface area contributed by atoms with E-state index in [0.717, 1.165) is 5.56 Å². The summed E-state index contributed by atoms with van der Waals surface area (Å²) in [6, 6.07) is 12.8. The number of thiocarbonyl (C=S) groups is 1. The van der Waals surface area contributed by atoms with E-state index in [0.29, 0.717) is 21.6 Å². The van der Waals surface area contributed by atoms with Crippen LogP contribution in [0.5, 0.6) is 11.5 Å². The molecule has 0 saturated heterocycles. The number of ether oxygens (including phenoxy) is 2. The van der Waals surface area contributed by atoms with Crippen LogP contribution in [0.3, 0.4) is 0 Å². The molecule has 2 aromatic carbocycles. The Kier molecular flexibility index (Phi) is 5.91. The third-order valence-electron chi connectivity index (χ3n) is 2.56. The number of hydrogen-bond acceptors (Lipinski definition) is 5. The third kappa shape index (κ3) is 5.46.